The quantitative estimate of drug-likeness (QED) is 0.328. The van der Waals surface area contributed by atoms with Gasteiger partial charge in [-0.1, -0.05) is 18.2 Å². The molecule has 6 heteroatoms. The van der Waals surface area contributed by atoms with E-state index < -0.39 is 0 Å². The normalized spacial score (nSPS) is 11.1. The van der Waals surface area contributed by atoms with Crippen molar-refractivity contribution in [3.05, 3.63) is 63.4 Å². The lowest BCUT2D eigenvalue weighted by Crippen LogP contribution is -2.26. The van der Waals surface area contributed by atoms with Crippen LogP contribution in [0.3, 0.4) is 0 Å². The van der Waals surface area contributed by atoms with Gasteiger partial charge in [-0.2, -0.15) is 5.10 Å². The van der Waals surface area contributed by atoms with Gasteiger partial charge in [-0.25, -0.2) is 5.43 Å². The molecule has 0 aliphatic rings. The fourth-order valence-corrected chi connectivity index (χ4v) is 3.06. The number of carbonyl (C=O) groups is 1. The maximum atomic E-state index is 11.9. The maximum Gasteiger partial charge on any atom is 0.259 e. The van der Waals surface area contributed by atoms with Crippen molar-refractivity contribution in [1.29, 1.82) is 0 Å². The number of aryl methyl sites for hydroxylation is 1. The number of fused-ring (bicyclic) bond motifs is 1. The molecule has 0 saturated heterocycles. The molecule has 1 aromatic heterocycles. The first-order valence-corrected chi connectivity index (χ1v) is 8.59. The van der Waals surface area contributed by atoms with Crippen LogP contribution in [0.25, 0.3) is 10.9 Å². The average Bonchev–Trinajstić information content (AvgIpc) is 2.97. The van der Waals surface area contributed by atoms with Crippen molar-refractivity contribution in [3.8, 4) is 0 Å². The fraction of sp³-hybridized carbons (Fsp3) is 0.111. The molecule has 0 spiro atoms. The number of aromatic amines is 1. The van der Waals surface area contributed by atoms with Crippen LogP contribution in [0, 0.1) is 10.5 Å². The van der Waals surface area contributed by atoms with E-state index in [1.54, 1.807) is 6.21 Å². The largest absolute Gasteiger partial charge is 0.376 e. The van der Waals surface area contributed by atoms with Crippen LogP contribution in [-0.2, 0) is 4.79 Å². The van der Waals surface area contributed by atoms with Crippen LogP contribution in [0.5, 0.6) is 0 Å². The number of carbonyl (C=O) groups excluding carboxylic acids is 1. The van der Waals surface area contributed by atoms with Crippen LogP contribution in [0.2, 0.25) is 0 Å². The summed E-state index contributed by atoms with van der Waals surface area (Å²) in [6.07, 6.45) is 3.51. The van der Waals surface area contributed by atoms with Gasteiger partial charge in [0.2, 0.25) is 0 Å². The Bertz CT molecular complexity index is 901. The highest BCUT2D eigenvalue weighted by atomic mass is 127. The highest BCUT2D eigenvalue weighted by Crippen LogP contribution is 2.17. The Morgan fingerprint density at radius 3 is 2.96 bits per heavy atom. The predicted molar refractivity (Wildman–Crippen MR) is 106 cm³/mol. The van der Waals surface area contributed by atoms with Gasteiger partial charge in [-0.05, 0) is 59.3 Å². The third-order valence-corrected chi connectivity index (χ3v) is 4.31. The smallest absolute Gasteiger partial charge is 0.259 e. The zero-order chi connectivity index (χ0) is 16.9. The minimum atomic E-state index is -0.191. The standard InChI is InChI=1S/C18H17IN4O/c1-12-8-14(19)6-7-16(12)21-11-18(24)23-22-10-13-9-20-17-5-3-2-4-15(13)17/h2-10,20-21H,11H2,1H3,(H,23,24)/b22-10+. The summed E-state index contributed by atoms with van der Waals surface area (Å²) in [5, 5.41) is 8.22. The number of hydrogen-bond acceptors (Lipinski definition) is 3. The molecule has 0 unspecified atom stereocenters. The van der Waals surface area contributed by atoms with E-state index in [0.29, 0.717) is 0 Å². The SMILES string of the molecule is Cc1cc(I)ccc1NCC(=O)N/N=C/c1c[nH]c2ccccc12. The van der Waals surface area contributed by atoms with E-state index in [0.717, 1.165) is 27.7 Å². The topological polar surface area (TPSA) is 69.3 Å². The summed E-state index contributed by atoms with van der Waals surface area (Å²) in [6, 6.07) is 14.0. The summed E-state index contributed by atoms with van der Waals surface area (Å²) >= 11 is 2.26. The van der Waals surface area contributed by atoms with Crippen LogP contribution in [0.15, 0.2) is 53.8 Å². The Morgan fingerprint density at radius 2 is 2.12 bits per heavy atom. The van der Waals surface area contributed by atoms with Crippen LogP contribution < -0.4 is 10.7 Å². The molecule has 0 bridgehead atoms. The van der Waals surface area contributed by atoms with E-state index in [2.05, 4.69) is 49.5 Å². The molecule has 5 nitrogen and oxygen atoms in total. The van der Waals surface area contributed by atoms with E-state index in [1.807, 2.05) is 49.5 Å². The maximum absolute atomic E-state index is 11.9. The molecule has 3 aromatic rings. The fourth-order valence-electron chi connectivity index (χ4n) is 2.42. The number of aromatic nitrogens is 1. The number of halogens is 1. The molecule has 122 valence electrons. The van der Waals surface area contributed by atoms with E-state index >= 15 is 0 Å². The second-order valence-electron chi connectivity index (χ2n) is 5.40. The first-order chi connectivity index (χ1) is 11.6. The molecule has 0 aliphatic heterocycles. The monoisotopic (exact) mass is 432 g/mol. The van der Waals surface area contributed by atoms with E-state index in [1.165, 1.54) is 3.57 Å². The third-order valence-electron chi connectivity index (χ3n) is 3.64. The van der Waals surface area contributed by atoms with Crippen molar-refractivity contribution in [2.75, 3.05) is 11.9 Å². The van der Waals surface area contributed by atoms with Crippen LogP contribution >= 0.6 is 22.6 Å². The van der Waals surface area contributed by atoms with Gasteiger partial charge in [0, 0.05) is 31.9 Å². The summed E-state index contributed by atoms with van der Waals surface area (Å²) in [7, 11) is 0. The Balaban J connectivity index is 1.55. The minimum Gasteiger partial charge on any atom is -0.376 e. The summed E-state index contributed by atoms with van der Waals surface area (Å²) < 4.78 is 1.17. The molecule has 0 fully saturated rings. The summed E-state index contributed by atoms with van der Waals surface area (Å²) in [6.45, 7) is 2.18. The van der Waals surface area contributed by atoms with Crippen molar-refractivity contribution in [1.82, 2.24) is 10.4 Å². The molecule has 3 rings (SSSR count). The van der Waals surface area contributed by atoms with Crippen LogP contribution in [-0.4, -0.2) is 23.7 Å². The zero-order valence-electron chi connectivity index (χ0n) is 13.1. The number of hydrazone groups is 1. The van der Waals surface area contributed by atoms with Crippen molar-refractivity contribution in [3.63, 3.8) is 0 Å². The van der Waals surface area contributed by atoms with E-state index in [4.69, 9.17) is 0 Å². The van der Waals surface area contributed by atoms with Gasteiger partial charge in [-0.15, -0.1) is 0 Å². The summed E-state index contributed by atoms with van der Waals surface area (Å²) in [5.41, 5.74) is 6.58. The Morgan fingerprint density at radius 1 is 1.29 bits per heavy atom. The van der Waals surface area contributed by atoms with Gasteiger partial charge in [0.25, 0.3) is 5.91 Å². The van der Waals surface area contributed by atoms with Gasteiger partial charge < -0.3 is 10.3 Å². The number of benzene rings is 2. The lowest BCUT2D eigenvalue weighted by molar-refractivity contribution is -0.119. The van der Waals surface area contributed by atoms with Crippen molar-refractivity contribution < 1.29 is 4.79 Å². The molecule has 1 heterocycles. The molecular weight excluding hydrogens is 415 g/mol. The number of amides is 1. The van der Waals surface area contributed by atoms with Crippen LogP contribution in [0.4, 0.5) is 5.69 Å². The third kappa shape index (κ3) is 3.94. The molecule has 0 radical (unpaired) electrons. The number of H-pyrrole nitrogens is 1. The van der Waals surface area contributed by atoms with Gasteiger partial charge in [0.15, 0.2) is 0 Å². The molecular formula is C18H17IN4O. The average molecular weight is 432 g/mol. The molecule has 1 amide bonds. The first-order valence-electron chi connectivity index (χ1n) is 7.51. The highest BCUT2D eigenvalue weighted by molar-refractivity contribution is 14.1. The van der Waals surface area contributed by atoms with Crippen molar-refractivity contribution in [2.24, 2.45) is 5.10 Å². The Hall–Kier alpha value is -2.35. The Labute approximate surface area is 153 Å². The number of anilines is 1. The van der Waals surface area contributed by atoms with Gasteiger partial charge >= 0.3 is 0 Å². The van der Waals surface area contributed by atoms with Crippen molar-refractivity contribution >= 4 is 51.3 Å². The number of nitrogens with one attached hydrogen (secondary N) is 3. The molecule has 3 N–H and O–H groups in total. The highest BCUT2D eigenvalue weighted by Gasteiger charge is 2.03. The molecule has 0 atom stereocenters. The first kappa shape index (κ1) is 16.5. The zero-order valence-corrected chi connectivity index (χ0v) is 15.3. The number of para-hydroxylation sites is 1. The number of nitrogens with zero attached hydrogens (tertiary/aromatic N) is 1. The molecule has 0 saturated carbocycles. The molecule has 2 aromatic carbocycles. The van der Waals surface area contributed by atoms with Crippen molar-refractivity contribution in [2.45, 2.75) is 6.92 Å². The Kier molecular flexibility index (Phi) is 5.14. The van der Waals surface area contributed by atoms with Gasteiger partial charge in [-0.3, -0.25) is 4.79 Å². The second-order valence-corrected chi connectivity index (χ2v) is 6.64. The van der Waals surface area contributed by atoms with Crippen LogP contribution in [0.1, 0.15) is 11.1 Å². The number of hydrogen-bond donors (Lipinski definition) is 3. The van der Waals surface area contributed by atoms with Gasteiger partial charge in [0.05, 0.1) is 12.8 Å². The molecule has 0 aliphatic carbocycles. The predicted octanol–water partition coefficient (Wildman–Crippen LogP) is 3.64. The summed E-state index contributed by atoms with van der Waals surface area (Å²) in [5.74, 6) is -0.191. The van der Waals surface area contributed by atoms with E-state index in [-0.39, 0.29) is 12.5 Å². The summed E-state index contributed by atoms with van der Waals surface area (Å²) in [4.78, 5) is 15.1. The lowest BCUT2D eigenvalue weighted by atomic mass is 10.2. The second kappa shape index (κ2) is 7.48. The minimum absolute atomic E-state index is 0.173. The number of rotatable bonds is 5. The van der Waals surface area contributed by atoms with E-state index in [9.17, 15) is 4.79 Å². The van der Waals surface area contributed by atoms with Gasteiger partial charge in [0.1, 0.15) is 0 Å². The molecule has 24 heavy (non-hydrogen) atoms. The lowest BCUT2D eigenvalue weighted by Gasteiger charge is -2.08.